The van der Waals surface area contributed by atoms with Crippen molar-refractivity contribution in [1.82, 2.24) is 13.7 Å². The minimum Gasteiger partial charge on any atom is -0.309 e. The van der Waals surface area contributed by atoms with Gasteiger partial charge in [0.25, 0.3) is 0 Å². The highest BCUT2D eigenvalue weighted by atomic mass is 15.0. The normalized spacial score (nSPS) is 12.5. The maximum absolute atomic E-state index is 2.40. The number of para-hydroxylation sites is 6. The summed E-state index contributed by atoms with van der Waals surface area (Å²) in [5.41, 5.74) is 32.5. The van der Waals surface area contributed by atoms with E-state index in [2.05, 4.69) is 441 Å². The molecular formula is C107H99N3. The van der Waals surface area contributed by atoms with Crippen LogP contribution < -0.4 is 0 Å². The number of benzene rings is 15. The Labute approximate surface area is 651 Å². The third-order valence-corrected chi connectivity index (χ3v) is 22.8. The summed E-state index contributed by atoms with van der Waals surface area (Å²) in [5, 5.41) is 7.95. The Hall–Kier alpha value is -12.3. The smallest absolute Gasteiger partial charge is 0.0701 e. The lowest BCUT2D eigenvalue weighted by Crippen LogP contribution is -2.31. The molecule has 15 aromatic carbocycles. The number of nitrogens with zero attached hydrogens (tertiary/aromatic N) is 3. The van der Waals surface area contributed by atoms with Crippen molar-refractivity contribution < 1.29 is 0 Å². The van der Waals surface area contributed by atoms with E-state index in [-0.39, 0.29) is 10.8 Å². The van der Waals surface area contributed by atoms with Crippen molar-refractivity contribution in [3.63, 3.8) is 0 Å². The molecule has 0 spiro atoms. The molecule has 0 amide bonds. The first kappa shape index (κ1) is 73.2. The van der Waals surface area contributed by atoms with E-state index in [1.807, 2.05) is 0 Å². The molecule has 1 saturated carbocycles. The van der Waals surface area contributed by atoms with Crippen molar-refractivity contribution in [2.75, 3.05) is 0 Å². The Morgan fingerprint density at radius 1 is 0.218 bits per heavy atom. The zero-order valence-electron chi connectivity index (χ0n) is 65.4. The van der Waals surface area contributed by atoms with Crippen LogP contribution >= 0.6 is 0 Å². The Balaban J connectivity index is 0.000000110. The van der Waals surface area contributed by atoms with Crippen molar-refractivity contribution in [3.8, 4) is 17.1 Å². The van der Waals surface area contributed by atoms with Crippen molar-refractivity contribution in [2.24, 2.45) is 0 Å². The molecule has 542 valence electrons. The van der Waals surface area contributed by atoms with E-state index < -0.39 is 0 Å². The molecule has 0 saturated heterocycles. The van der Waals surface area contributed by atoms with E-state index in [1.165, 1.54) is 204 Å². The molecular weight excluding hydrogens is 1330 g/mol. The van der Waals surface area contributed by atoms with Gasteiger partial charge >= 0.3 is 0 Å². The van der Waals surface area contributed by atoms with E-state index >= 15 is 0 Å². The Morgan fingerprint density at radius 3 is 0.955 bits per heavy atom. The lowest BCUT2D eigenvalue weighted by atomic mass is 9.65. The van der Waals surface area contributed by atoms with Crippen LogP contribution in [-0.2, 0) is 10.8 Å². The Morgan fingerprint density at radius 2 is 0.518 bits per heavy atom. The molecule has 0 aliphatic heterocycles. The molecule has 0 unspecified atom stereocenters. The highest BCUT2D eigenvalue weighted by molar-refractivity contribution is 6.12. The molecule has 0 bridgehead atoms. The molecule has 3 heterocycles. The summed E-state index contributed by atoms with van der Waals surface area (Å²) < 4.78 is 7.12. The first-order valence-corrected chi connectivity index (χ1v) is 39.3. The molecule has 1 fully saturated rings. The van der Waals surface area contributed by atoms with Crippen LogP contribution in [0.1, 0.15) is 121 Å². The molecule has 19 rings (SSSR count). The van der Waals surface area contributed by atoms with Crippen molar-refractivity contribution in [3.05, 3.63) is 447 Å². The standard InChI is InChI=1S/C27H24.3C20H17N.C20H24/c1-21-13-17-25(18-14-21)27(23-9-5-3-6-10-23,24-11-7-4-8-12-24)26-19-15-22(2)16-20-26;1-14-10-12-16(13-11-14)21-19-9-4-3-7-17(19)18-8-5-6-15(2)20(18)21;1-14-8-6-12-17-18-13-7-9-15(2)20(18)21(19(14)17)16-10-4-3-5-11-16;1-14-7-10-16(11-8-14)21-19-6-4-3-5-17(19)18-13-15(2)9-12-20(18)21;1-16-6-10-18(11-7-16)20(14-4-3-5-15-20)19-12-8-17(2)9-13-19/h3-20H,1-2H3;3*3-13H,1-2H3;6-13H,3-5,14-15H2,1-2H3. The minimum absolute atomic E-state index is 0.250. The number of fused-ring (bicyclic) bond motifs is 9. The van der Waals surface area contributed by atoms with E-state index in [0.717, 1.165) is 0 Å². The van der Waals surface area contributed by atoms with Crippen molar-refractivity contribution >= 4 is 65.4 Å². The largest absolute Gasteiger partial charge is 0.309 e. The van der Waals surface area contributed by atoms with Gasteiger partial charge in [-0.2, -0.15) is 0 Å². The SMILES string of the molecule is Cc1ccc(-n2c3ccccc3c3cc(C)ccc32)cc1.Cc1ccc(-n2c3ccccc3c3cccc(C)c32)cc1.Cc1ccc(C(c2ccccc2)(c2ccccc2)c2ccc(C)cc2)cc1.Cc1ccc(C2(c3ccc(C)cc3)CCCCC2)cc1.Cc1cccc2c3cccc(C)c3n(-c3ccccc3)c12. The third kappa shape index (κ3) is 14.6. The van der Waals surface area contributed by atoms with Crippen molar-refractivity contribution in [2.45, 2.75) is 112 Å². The summed E-state index contributed by atoms with van der Waals surface area (Å²) >= 11 is 0. The van der Waals surface area contributed by atoms with Crippen LogP contribution in [0, 0.1) is 69.2 Å². The van der Waals surface area contributed by atoms with Gasteiger partial charge in [-0.25, -0.2) is 0 Å². The van der Waals surface area contributed by atoms with Gasteiger partial charge in [0.2, 0.25) is 0 Å². The number of hydrogen-bond acceptors (Lipinski definition) is 0. The topological polar surface area (TPSA) is 14.8 Å². The highest BCUT2D eigenvalue weighted by Crippen LogP contribution is 2.47. The Kier molecular flexibility index (Phi) is 21.5. The van der Waals surface area contributed by atoms with Crippen LogP contribution in [0.15, 0.2) is 358 Å². The van der Waals surface area contributed by atoms with E-state index in [1.54, 1.807) is 0 Å². The molecule has 1 aliphatic carbocycles. The predicted octanol–water partition coefficient (Wildman–Crippen LogP) is 28.4. The third-order valence-electron chi connectivity index (χ3n) is 22.8. The van der Waals surface area contributed by atoms with Crippen LogP contribution in [0.2, 0.25) is 0 Å². The van der Waals surface area contributed by atoms with Crippen LogP contribution in [-0.4, -0.2) is 13.7 Å². The number of rotatable bonds is 9. The van der Waals surface area contributed by atoms with E-state index in [4.69, 9.17) is 0 Å². The molecule has 0 radical (unpaired) electrons. The fourth-order valence-electron chi connectivity index (χ4n) is 17.1. The zero-order valence-corrected chi connectivity index (χ0v) is 65.4. The molecule has 110 heavy (non-hydrogen) atoms. The van der Waals surface area contributed by atoms with Crippen molar-refractivity contribution in [1.29, 1.82) is 0 Å². The summed E-state index contributed by atoms with van der Waals surface area (Å²) in [5.74, 6) is 0. The van der Waals surface area contributed by atoms with Gasteiger partial charge in [0, 0.05) is 54.8 Å². The molecule has 3 heteroatoms. The number of hydrogen-bond donors (Lipinski definition) is 0. The maximum Gasteiger partial charge on any atom is 0.0701 e. The lowest BCUT2D eigenvalue weighted by molar-refractivity contribution is 0.346. The van der Waals surface area contributed by atoms with Gasteiger partial charge in [-0.15, -0.1) is 0 Å². The lowest BCUT2D eigenvalue weighted by Gasteiger charge is -2.38. The summed E-state index contributed by atoms with van der Waals surface area (Å²) in [6, 6.07) is 130. The number of aryl methyl sites for hydroxylation is 10. The average Bonchev–Trinajstić information content (AvgIpc) is 1.08. The predicted molar refractivity (Wildman–Crippen MR) is 471 cm³/mol. The maximum atomic E-state index is 2.40. The quantitative estimate of drug-likeness (QED) is 0.128. The molecule has 3 nitrogen and oxygen atoms in total. The van der Waals surface area contributed by atoms with E-state index in [9.17, 15) is 0 Å². The Bertz CT molecular complexity index is 5950. The van der Waals surface area contributed by atoms with Crippen LogP contribution in [0.5, 0.6) is 0 Å². The second-order valence-corrected chi connectivity index (χ2v) is 30.6. The summed E-state index contributed by atoms with van der Waals surface area (Å²) in [6.07, 6.45) is 6.67. The van der Waals surface area contributed by atoms with Gasteiger partial charge < -0.3 is 13.7 Å². The van der Waals surface area contributed by atoms with Crippen LogP contribution in [0.3, 0.4) is 0 Å². The minimum atomic E-state index is -0.343. The highest BCUT2D eigenvalue weighted by Gasteiger charge is 2.39. The number of aromatic nitrogens is 3. The second kappa shape index (κ2) is 32.3. The second-order valence-electron chi connectivity index (χ2n) is 30.6. The van der Waals surface area contributed by atoms with Gasteiger partial charge in [0.15, 0.2) is 0 Å². The first-order valence-electron chi connectivity index (χ1n) is 39.3. The summed E-state index contributed by atoms with van der Waals surface area (Å²) in [4.78, 5) is 0. The molecule has 0 atom stereocenters. The molecule has 18 aromatic rings. The zero-order chi connectivity index (χ0) is 75.9. The fourth-order valence-corrected chi connectivity index (χ4v) is 17.1. The van der Waals surface area contributed by atoms with Gasteiger partial charge in [-0.1, -0.05) is 355 Å². The fraction of sp³-hybridized carbons (Fsp3) is 0.159. The summed E-state index contributed by atoms with van der Waals surface area (Å²) in [6.45, 7) is 21.6. The van der Waals surface area contributed by atoms with Gasteiger partial charge in [-0.3, -0.25) is 0 Å². The monoisotopic (exact) mass is 1430 g/mol. The van der Waals surface area contributed by atoms with Gasteiger partial charge in [-0.05, 0) is 193 Å². The van der Waals surface area contributed by atoms with E-state index in [0.29, 0.717) is 0 Å². The van der Waals surface area contributed by atoms with Crippen LogP contribution in [0.25, 0.3) is 82.5 Å². The molecule has 1 aliphatic rings. The van der Waals surface area contributed by atoms with Gasteiger partial charge in [0.05, 0.1) is 38.5 Å². The van der Waals surface area contributed by atoms with Gasteiger partial charge in [0.1, 0.15) is 0 Å². The average molecular weight is 1430 g/mol. The summed E-state index contributed by atoms with van der Waals surface area (Å²) in [7, 11) is 0. The first-order chi connectivity index (χ1) is 53.7. The molecule has 3 aromatic heterocycles. The van der Waals surface area contributed by atoms with Crippen LogP contribution in [0.4, 0.5) is 0 Å². The molecule has 0 N–H and O–H groups in total.